The topological polar surface area (TPSA) is 23.6 Å². The zero-order chi connectivity index (χ0) is 21.3. The van der Waals surface area contributed by atoms with Crippen molar-refractivity contribution in [1.29, 1.82) is 0 Å². The number of benzene rings is 2. The number of hydrogen-bond acceptors (Lipinski definition) is 2. The van der Waals surface area contributed by atoms with Gasteiger partial charge in [-0.05, 0) is 101 Å². The Labute approximate surface area is 182 Å². The van der Waals surface area contributed by atoms with Crippen molar-refractivity contribution in [2.24, 2.45) is 0 Å². The second kappa shape index (κ2) is 8.93. The summed E-state index contributed by atoms with van der Waals surface area (Å²) in [5.41, 5.74) is 6.00. The number of carbonyl (C=O) groups excluding carboxylic acids is 1. The fourth-order valence-electron chi connectivity index (χ4n) is 5.45. The summed E-state index contributed by atoms with van der Waals surface area (Å²) in [5, 5.41) is 0. The third-order valence-corrected chi connectivity index (χ3v) is 6.88. The first kappa shape index (κ1) is 21.1. The first-order valence-electron chi connectivity index (χ1n) is 11.7. The van der Waals surface area contributed by atoms with Crippen LogP contribution in [-0.2, 0) is 12.8 Å². The van der Waals surface area contributed by atoms with Crippen molar-refractivity contribution in [3.63, 3.8) is 0 Å². The SMILES string of the molecule is CC(C)N(C(=O)c1ccccc1-c1ccc2c(c1)CCC(N1CCCC1)C2)C(C)C. The maximum Gasteiger partial charge on any atom is 0.254 e. The van der Waals surface area contributed by atoms with Gasteiger partial charge in [-0.2, -0.15) is 0 Å². The van der Waals surface area contributed by atoms with Crippen molar-refractivity contribution in [1.82, 2.24) is 9.80 Å². The van der Waals surface area contributed by atoms with Crippen LogP contribution in [0.3, 0.4) is 0 Å². The molecule has 30 heavy (non-hydrogen) atoms. The molecule has 3 nitrogen and oxygen atoms in total. The van der Waals surface area contributed by atoms with Crippen LogP contribution in [0.4, 0.5) is 0 Å². The summed E-state index contributed by atoms with van der Waals surface area (Å²) in [4.78, 5) is 18.1. The number of aryl methyl sites for hydroxylation is 1. The van der Waals surface area contributed by atoms with E-state index in [1.807, 2.05) is 23.1 Å². The standard InChI is InChI=1S/C27H36N2O/c1-19(2)29(20(3)4)27(30)26-10-6-5-9-25(26)23-12-11-22-18-24(14-13-21(22)17-23)28-15-7-8-16-28/h5-6,9-12,17,19-20,24H,7-8,13-16,18H2,1-4H3. The van der Waals surface area contributed by atoms with Gasteiger partial charge < -0.3 is 9.80 Å². The predicted octanol–water partition coefficient (Wildman–Crippen LogP) is 5.57. The lowest BCUT2D eigenvalue weighted by molar-refractivity contribution is 0.0644. The average Bonchev–Trinajstić information content (AvgIpc) is 3.27. The van der Waals surface area contributed by atoms with E-state index in [-0.39, 0.29) is 18.0 Å². The summed E-state index contributed by atoms with van der Waals surface area (Å²) in [6.07, 6.45) is 6.29. The van der Waals surface area contributed by atoms with E-state index in [9.17, 15) is 4.79 Å². The van der Waals surface area contributed by atoms with Gasteiger partial charge in [-0.15, -0.1) is 0 Å². The van der Waals surface area contributed by atoms with Crippen LogP contribution < -0.4 is 0 Å². The molecule has 0 saturated carbocycles. The summed E-state index contributed by atoms with van der Waals surface area (Å²) in [6.45, 7) is 10.9. The predicted molar refractivity (Wildman–Crippen MR) is 125 cm³/mol. The molecule has 0 bridgehead atoms. The maximum absolute atomic E-state index is 13.4. The first-order valence-corrected chi connectivity index (χ1v) is 11.7. The van der Waals surface area contributed by atoms with Crippen LogP contribution in [0.15, 0.2) is 42.5 Å². The lowest BCUT2D eigenvalue weighted by Gasteiger charge is -2.33. The minimum atomic E-state index is 0.127. The quantitative estimate of drug-likeness (QED) is 0.651. The van der Waals surface area contributed by atoms with Gasteiger partial charge in [0.15, 0.2) is 0 Å². The van der Waals surface area contributed by atoms with Crippen molar-refractivity contribution in [2.45, 2.75) is 77.9 Å². The number of rotatable bonds is 5. The molecule has 0 spiro atoms. The first-order chi connectivity index (χ1) is 14.5. The van der Waals surface area contributed by atoms with E-state index in [1.54, 1.807) is 0 Å². The van der Waals surface area contributed by atoms with E-state index in [4.69, 9.17) is 0 Å². The molecule has 4 rings (SSSR count). The summed E-state index contributed by atoms with van der Waals surface area (Å²) in [5.74, 6) is 0.127. The van der Waals surface area contributed by atoms with Crippen LogP contribution in [-0.4, -0.2) is 46.9 Å². The lowest BCUT2D eigenvalue weighted by Crippen LogP contribution is -2.42. The molecule has 1 unspecified atom stereocenters. The van der Waals surface area contributed by atoms with E-state index in [2.05, 4.69) is 56.9 Å². The summed E-state index contributed by atoms with van der Waals surface area (Å²) in [6, 6.07) is 16.1. The Balaban J connectivity index is 1.62. The highest BCUT2D eigenvalue weighted by Gasteiger charge is 2.27. The van der Waals surface area contributed by atoms with Gasteiger partial charge in [-0.25, -0.2) is 0 Å². The van der Waals surface area contributed by atoms with Crippen LogP contribution in [0.5, 0.6) is 0 Å². The van der Waals surface area contributed by atoms with Crippen molar-refractivity contribution < 1.29 is 4.79 Å². The van der Waals surface area contributed by atoms with Gasteiger partial charge in [0.2, 0.25) is 0 Å². The zero-order valence-corrected chi connectivity index (χ0v) is 19.0. The van der Waals surface area contributed by atoms with Crippen LogP contribution in [0.1, 0.15) is 68.4 Å². The van der Waals surface area contributed by atoms with E-state index in [0.717, 1.165) is 17.5 Å². The van der Waals surface area contributed by atoms with Crippen LogP contribution in [0.25, 0.3) is 11.1 Å². The molecule has 160 valence electrons. The molecule has 1 heterocycles. The molecule has 1 atom stereocenters. The third-order valence-electron chi connectivity index (χ3n) is 6.88. The van der Waals surface area contributed by atoms with E-state index in [0.29, 0.717) is 6.04 Å². The van der Waals surface area contributed by atoms with Crippen molar-refractivity contribution in [3.05, 3.63) is 59.2 Å². The highest BCUT2D eigenvalue weighted by molar-refractivity contribution is 6.01. The molecule has 2 aromatic carbocycles. The molecule has 1 aliphatic carbocycles. The fraction of sp³-hybridized carbons (Fsp3) is 0.519. The summed E-state index contributed by atoms with van der Waals surface area (Å²) >= 11 is 0. The highest BCUT2D eigenvalue weighted by atomic mass is 16.2. The zero-order valence-electron chi connectivity index (χ0n) is 19.0. The van der Waals surface area contributed by atoms with E-state index < -0.39 is 0 Å². The van der Waals surface area contributed by atoms with Crippen molar-refractivity contribution >= 4 is 5.91 Å². The molecule has 1 saturated heterocycles. The molecule has 1 fully saturated rings. The Morgan fingerprint density at radius 2 is 1.67 bits per heavy atom. The Morgan fingerprint density at radius 3 is 2.37 bits per heavy atom. The Hall–Kier alpha value is -2.13. The summed E-state index contributed by atoms with van der Waals surface area (Å²) < 4.78 is 0. The van der Waals surface area contributed by atoms with Gasteiger partial charge in [-0.1, -0.05) is 36.4 Å². The number of hydrogen-bond donors (Lipinski definition) is 0. The second-order valence-corrected chi connectivity index (χ2v) is 9.57. The van der Waals surface area contributed by atoms with Crippen molar-refractivity contribution in [2.75, 3.05) is 13.1 Å². The molecule has 2 aromatic rings. The Kier molecular flexibility index (Phi) is 6.29. The largest absolute Gasteiger partial charge is 0.334 e. The smallest absolute Gasteiger partial charge is 0.254 e. The Morgan fingerprint density at radius 1 is 0.967 bits per heavy atom. The van der Waals surface area contributed by atoms with Crippen LogP contribution in [0.2, 0.25) is 0 Å². The number of fused-ring (bicyclic) bond motifs is 1. The van der Waals surface area contributed by atoms with Gasteiger partial charge in [0.05, 0.1) is 0 Å². The molecule has 1 amide bonds. The monoisotopic (exact) mass is 404 g/mol. The van der Waals surface area contributed by atoms with Crippen molar-refractivity contribution in [3.8, 4) is 11.1 Å². The molecule has 1 aliphatic heterocycles. The lowest BCUT2D eigenvalue weighted by atomic mass is 9.85. The fourth-order valence-corrected chi connectivity index (χ4v) is 5.45. The maximum atomic E-state index is 13.4. The molecule has 0 radical (unpaired) electrons. The normalized spacial score (nSPS) is 19.3. The minimum absolute atomic E-state index is 0.127. The molecule has 0 aromatic heterocycles. The van der Waals surface area contributed by atoms with Gasteiger partial charge in [-0.3, -0.25) is 4.79 Å². The Bertz CT molecular complexity index is 887. The molecular weight excluding hydrogens is 368 g/mol. The number of amides is 1. The van der Waals surface area contributed by atoms with Crippen LogP contribution in [0, 0.1) is 0 Å². The summed E-state index contributed by atoms with van der Waals surface area (Å²) in [7, 11) is 0. The van der Waals surface area contributed by atoms with E-state index >= 15 is 0 Å². The minimum Gasteiger partial charge on any atom is -0.334 e. The van der Waals surface area contributed by atoms with Gasteiger partial charge in [0.25, 0.3) is 5.91 Å². The highest BCUT2D eigenvalue weighted by Crippen LogP contribution is 2.32. The molecule has 3 heteroatoms. The number of carbonyl (C=O) groups is 1. The third kappa shape index (κ3) is 4.18. The second-order valence-electron chi connectivity index (χ2n) is 9.57. The number of likely N-dealkylation sites (tertiary alicyclic amines) is 1. The van der Waals surface area contributed by atoms with Gasteiger partial charge in [0.1, 0.15) is 0 Å². The van der Waals surface area contributed by atoms with E-state index in [1.165, 1.54) is 55.5 Å². The average molecular weight is 405 g/mol. The molecular formula is C27H36N2O. The molecule has 2 aliphatic rings. The van der Waals surface area contributed by atoms with Gasteiger partial charge >= 0.3 is 0 Å². The van der Waals surface area contributed by atoms with Crippen LogP contribution >= 0.6 is 0 Å². The molecule has 0 N–H and O–H groups in total. The van der Waals surface area contributed by atoms with Gasteiger partial charge in [0, 0.05) is 23.7 Å². The number of nitrogens with zero attached hydrogens (tertiary/aromatic N) is 2.